The fourth-order valence-corrected chi connectivity index (χ4v) is 2.51. The van der Waals surface area contributed by atoms with Crippen molar-refractivity contribution in [3.05, 3.63) is 30.3 Å². The number of morpholine rings is 1. The number of urea groups is 1. The van der Waals surface area contributed by atoms with Crippen LogP contribution in [0.25, 0.3) is 0 Å². The van der Waals surface area contributed by atoms with Gasteiger partial charge in [-0.1, -0.05) is 18.2 Å². The maximum absolute atomic E-state index is 11.9. The van der Waals surface area contributed by atoms with E-state index in [2.05, 4.69) is 25.6 Å². The number of carbonyl (C=O) groups excluding carboxylic acids is 1. The summed E-state index contributed by atoms with van der Waals surface area (Å²) in [6, 6.07) is 9.16. The van der Waals surface area contributed by atoms with Gasteiger partial charge in [0.15, 0.2) is 0 Å². The SMILES string of the molecule is CN(C)c1nc(OCCNC(=O)Nc2ccccc2)nc(N2CCOCC2)n1. The fourth-order valence-electron chi connectivity index (χ4n) is 2.51. The van der Waals surface area contributed by atoms with Crippen molar-refractivity contribution in [2.24, 2.45) is 0 Å². The molecule has 1 aromatic carbocycles. The molecule has 150 valence electrons. The van der Waals surface area contributed by atoms with Gasteiger partial charge in [-0.3, -0.25) is 0 Å². The number of amides is 2. The highest BCUT2D eigenvalue weighted by molar-refractivity contribution is 5.89. The third kappa shape index (κ3) is 5.68. The van der Waals surface area contributed by atoms with Gasteiger partial charge in [-0.25, -0.2) is 4.79 Å². The van der Waals surface area contributed by atoms with Crippen molar-refractivity contribution < 1.29 is 14.3 Å². The number of aromatic nitrogens is 3. The first-order valence-electron chi connectivity index (χ1n) is 9.10. The number of anilines is 3. The first kappa shape index (κ1) is 19.6. The first-order chi connectivity index (χ1) is 13.6. The lowest BCUT2D eigenvalue weighted by Crippen LogP contribution is -2.37. The Balaban J connectivity index is 1.53. The Labute approximate surface area is 163 Å². The first-order valence-corrected chi connectivity index (χ1v) is 9.10. The Kier molecular flexibility index (Phi) is 6.79. The van der Waals surface area contributed by atoms with Crippen LogP contribution in [0.15, 0.2) is 30.3 Å². The summed E-state index contributed by atoms with van der Waals surface area (Å²) < 4.78 is 11.0. The molecule has 1 saturated heterocycles. The molecule has 0 unspecified atom stereocenters. The quantitative estimate of drug-likeness (QED) is 0.678. The van der Waals surface area contributed by atoms with E-state index in [-0.39, 0.29) is 18.6 Å². The molecule has 28 heavy (non-hydrogen) atoms. The number of hydrogen-bond donors (Lipinski definition) is 2. The van der Waals surface area contributed by atoms with Crippen LogP contribution in [0.5, 0.6) is 6.01 Å². The molecule has 2 aromatic rings. The number of nitrogens with zero attached hydrogens (tertiary/aromatic N) is 5. The van der Waals surface area contributed by atoms with E-state index in [1.807, 2.05) is 49.3 Å². The Morgan fingerprint density at radius 3 is 2.64 bits per heavy atom. The average molecular weight is 387 g/mol. The summed E-state index contributed by atoms with van der Waals surface area (Å²) in [5.74, 6) is 1.08. The van der Waals surface area contributed by atoms with E-state index in [1.54, 1.807) is 4.90 Å². The highest BCUT2D eigenvalue weighted by Gasteiger charge is 2.17. The zero-order chi connectivity index (χ0) is 19.8. The van der Waals surface area contributed by atoms with E-state index in [4.69, 9.17) is 9.47 Å². The smallest absolute Gasteiger partial charge is 0.323 e. The van der Waals surface area contributed by atoms with Gasteiger partial charge in [-0.2, -0.15) is 15.0 Å². The molecular weight excluding hydrogens is 362 g/mol. The van der Waals surface area contributed by atoms with E-state index in [1.165, 1.54) is 0 Å². The van der Waals surface area contributed by atoms with Crippen LogP contribution in [0.4, 0.5) is 22.4 Å². The number of para-hydroxylation sites is 1. The molecule has 1 aromatic heterocycles. The predicted molar refractivity (Wildman–Crippen MR) is 106 cm³/mol. The van der Waals surface area contributed by atoms with Crippen LogP contribution in [0.3, 0.4) is 0 Å². The molecule has 1 fully saturated rings. The van der Waals surface area contributed by atoms with E-state index < -0.39 is 0 Å². The lowest BCUT2D eigenvalue weighted by molar-refractivity contribution is 0.122. The van der Waals surface area contributed by atoms with E-state index >= 15 is 0 Å². The van der Waals surface area contributed by atoms with E-state index in [0.29, 0.717) is 31.7 Å². The van der Waals surface area contributed by atoms with Crippen molar-refractivity contribution in [1.29, 1.82) is 0 Å². The molecule has 1 aliphatic heterocycles. The minimum absolute atomic E-state index is 0.227. The Hall–Kier alpha value is -3.14. The second-order valence-electron chi connectivity index (χ2n) is 6.31. The number of nitrogens with one attached hydrogen (secondary N) is 2. The van der Waals surface area contributed by atoms with Crippen LogP contribution in [0, 0.1) is 0 Å². The van der Waals surface area contributed by atoms with Gasteiger partial charge in [0.2, 0.25) is 11.9 Å². The summed E-state index contributed by atoms with van der Waals surface area (Å²) in [5.41, 5.74) is 0.726. The topological polar surface area (TPSA) is 105 Å². The van der Waals surface area contributed by atoms with E-state index in [0.717, 1.165) is 18.8 Å². The van der Waals surface area contributed by atoms with Gasteiger partial charge in [0.25, 0.3) is 0 Å². The van der Waals surface area contributed by atoms with Crippen molar-refractivity contribution in [3.8, 4) is 6.01 Å². The average Bonchev–Trinajstić information content (AvgIpc) is 2.72. The molecule has 2 N–H and O–H groups in total. The Morgan fingerprint density at radius 2 is 1.93 bits per heavy atom. The molecule has 10 heteroatoms. The molecule has 2 heterocycles. The van der Waals surface area contributed by atoms with Crippen molar-refractivity contribution in [3.63, 3.8) is 0 Å². The van der Waals surface area contributed by atoms with Crippen LogP contribution < -0.4 is 25.2 Å². The molecule has 0 spiro atoms. The molecule has 0 saturated carbocycles. The van der Waals surface area contributed by atoms with Crippen LogP contribution in [0.2, 0.25) is 0 Å². The normalized spacial score (nSPS) is 13.7. The minimum atomic E-state index is -0.298. The lowest BCUT2D eigenvalue weighted by Gasteiger charge is -2.27. The van der Waals surface area contributed by atoms with Crippen LogP contribution >= 0.6 is 0 Å². The van der Waals surface area contributed by atoms with Crippen LogP contribution in [-0.2, 0) is 4.74 Å². The second-order valence-corrected chi connectivity index (χ2v) is 6.31. The number of rotatable bonds is 7. The number of carbonyl (C=O) groups is 1. The molecule has 0 atom stereocenters. The van der Waals surface area contributed by atoms with Crippen molar-refractivity contribution >= 4 is 23.6 Å². The summed E-state index contributed by atoms with van der Waals surface area (Å²) in [6.07, 6.45) is 0. The summed E-state index contributed by atoms with van der Waals surface area (Å²) in [4.78, 5) is 28.9. The third-order valence-corrected chi connectivity index (χ3v) is 3.94. The van der Waals surface area contributed by atoms with Crippen LogP contribution in [0.1, 0.15) is 0 Å². The molecule has 3 rings (SSSR count). The molecule has 0 radical (unpaired) electrons. The molecular formula is C18H25N7O3. The Morgan fingerprint density at radius 1 is 1.18 bits per heavy atom. The van der Waals surface area contributed by atoms with Gasteiger partial charge in [-0.05, 0) is 12.1 Å². The highest BCUT2D eigenvalue weighted by atomic mass is 16.5. The monoisotopic (exact) mass is 387 g/mol. The molecule has 0 aliphatic carbocycles. The largest absolute Gasteiger partial charge is 0.461 e. The zero-order valence-electron chi connectivity index (χ0n) is 16.1. The summed E-state index contributed by atoms with van der Waals surface area (Å²) >= 11 is 0. The van der Waals surface area contributed by atoms with Gasteiger partial charge in [0.1, 0.15) is 6.61 Å². The maximum atomic E-state index is 11.9. The number of ether oxygens (including phenoxy) is 2. The van der Waals surface area contributed by atoms with Gasteiger partial charge < -0.3 is 29.9 Å². The molecule has 0 bridgehead atoms. The maximum Gasteiger partial charge on any atom is 0.323 e. The van der Waals surface area contributed by atoms with Crippen molar-refractivity contribution in [2.75, 3.05) is 68.7 Å². The fraction of sp³-hybridized carbons (Fsp3) is 0.444. The van der Waals surface area contributed by atoms with Crippen molar-refractivity contribution in [2.45, 2.75) is 0 Å². The second kappa shape index (κ2) is 9.70. The number of benzene rings is 1. The van der Waals surface area contributed by atoms with Gasteiger partial charge in [-0.15, -0.1) is 0 Å². The highest BCUT2D eigenvalue weighted by Crippen LogP contribution is 2.17. The van der Waals surface area contributed by atoms with Gasteiger partial charge >= 0.3 is 12.0 Å². The standard InChI is InChI=1S/C18H25N7O3/c1-24(2)15-21-16(25-9-12-27-13-10-25)23-18(22-15)28-11-8-19-17(26)20-14-6-4-3-5-7-14/h3-7H,8-13H2,1-2H3,(H2,19,20,26). The third-order valence-electron chi connectivity index (χ3n) is 3.94. The van der Waals surface area contributed by atoms with Crippen molar-refractivity contribution in [1.82, 2.24) is 20.3 Å². The molecule has 10 nitrogen and oxygen atoms in total. The Bertz CT molecular complexity index is 767. The zero-order valence-corrected chi connectivity index (χ0v) is 16.1. The molecule has 2 amide bonds. The number of hydrogen-bond acceptors (Lipinski definition) is 8. The molecule has 1 aliphatic rings. The predicted octanol–water partition coefficient (Wildman–Crippen LogP) is 0.975. The van der Waals surface area contributed by atoms with Gasteiger partial charge in [0, 0.05) is 32.9 Å². The van der Waals surface area contributed by atoms with E-state index in [9.17, 15) is 4.79 Å². The lowest BCUT2D eigenvalue weighted by atomic mass is 10.3. The summed E-state index contributed by atoms with van der Waals surface area (Å²) in [5, 5.41) is 5.48. The minimum Gasteiger partial charge on any atom is -0.461 e. The summed E-state index contributed by atoms with van der Waals surface area (Å²) in [6.45, 7) is 3.27. The summed E-state index contributed by atoms with van der Waals surface area (Å²) in [7, 11) is 3.72. The van der Waals surface area contributed by atoms with Crippen LogP contribution in [-0.4, -0.2) is 74.5 Å². The van der Waals surface area contributed by atoms with Gasteiger partial charge in [0.05, 0.1) is 19.8 Å².